The van der Waals surface area contributed by atoms with Crippen LogP contribution in [0.1, 0.15) is 21.6 Å². The maximum atomic E-state index is 13.6. The standard InChI is InChI=1S/C26H24ClN5O3S/c1-36(34,35)25-13-20(12-24(27)30-25)26(33)32-10-9-31(16-22-14-28-17-29-22)23-8-7-19(11-21(23)15-32)18-5-3-2-4-6-18/h2-8,11-14,17H,9-10,15-16H2,1H3,(H,28,29). The summed E-state index contributed by atoms with van der Waals surface area (Å²) in [6, 6.07) is 19.0. The number of aromatic nitrogens is 3. The van der Waals surface area contributed by atoms with Gasteiger partial charge in [-0.05, 0) is 41.0 Å². The van der Waals surface area contributed by atoms with Gasteiger partial charge in [-0.1, -0.05) is 48.0 Å². The van der Waals surface area contributed by atoms with Crippen molar-refractivity contribution in [3.63, 3.8) is 0 Å². The summed E-state index contributed by atoms with van der Waals surface area (Å²) in [5, 5.41) is -0.261. The molecule has 4 aromatic rings. The predicted octanol–water partition coefficient (Wildman–Crippen LogP) is 4.19. The molecule has 3 heterocycles. The van der Waals surface area contributed by atoms with Crippen LogP contribution in [0.3, 0.4) is 0 Å². The van der Waals surface area contributed by atoms with Crippen LogP contribution in [0.4, 0.5) is 5.69 Å². The van der Waals surface area contributed by atoms with E-state index in [2.05, 4.69) is 50.2 Å². The molecule has 0 radical (unpaired) electrons. The van der Waals surface area contributed by atoms with Crippen molar-refractivity contribution in [1.29, 1.82) is 0 Å². The molecule has 0 saturated heterocycles. The van der Waals surface area contributed by atoms with Crippen molar-refractivity contribution in [2.24, 2.45) is 0 Å². The molecule has 10 heteroatoms. The number of benzene rings is 2. The first-order valence-corrected chi connectivity index (χ1v) is 13.6. The molecule has 0 bridgehead atoms. The molecule has 0 atom stereocenters. The molecule has 36 heavy (non-hydrogen) atoms. The van der Waals surface area contributed by atoms with E-state index in [1.165, 1.54) is 12.1 Å². The van der Waals surface area contributed by atoms with E-state index in [0.717, 1.165) is 34.3 Å². The highest BCUT2D eigenvalue weighted by Crippen LogP contribution is 2.32. The van der Waals surface area contributed by atoms with Crippen LogP contribution >= 0.6 is 11.6 Å². The second-order valence-electron chi connectivity index (χ2n) is 8.71. The first kappa shape index (κ1) is 24.0. The average molecular weight is 522 g/mol. The Morgan fingerprint density at radius 3 is 2.58 bits per heavy atom. The molecule has 1 amide bonds. The largest absolute Gasteiger partial charge is 0.364 e. The number of fused-ring (bicyclic) bond motifs is 1. The predicted molar refractivity (Wildman–Crippen MR) is 139 cm³/mol. The number of anilines is 1. The van der Waals surface area contributed by atoms with Crippen LogP contribution in [0.2, 0.25) is 5.15 Å². The zero-order chi connectivity index (χ0) is 25.3. The van der Waals surface area contributed by atoms with Crippen LogP contribution in [0.15, 0.2) is 78.2 Å². The van der Waals surface area contributed by atoms with Gasteiger partial charge in [0.25, 0.3) is 5.91 Å². The van der Waals surface area contributed by atoms with Crippen molar-refractivity contribution in [2.75, 3.05) is 24.2 Å². The van der Waals surface area contributed by atoms with Crippen LogP contribution in [0, 0.1) is 0 Å². The van der Waals surface area contributed by atoms with Gasteiger partial charge in [0.15, 0.2) is 14.9 Å². The molecule has 1 aliphatic heterocycles. The van der Waals surface area contributed by atoms with E-state index in [9.17, 15) is 13.2 Å². The Labute approximate surface area is 214 Å². The first-order chi connectivity index (χ1) is 17.3. The number of nitrogens with zero attached hydrogens (tertiary/aromatic N) is 4. The number of carbonyl (C=O) groups is 1. The van der Waals surface area contributed by atoms with Crippen molar-refractivity contribution in [3.8, 4) is 11.1 Å². The number of hydrogen-bond acceptors (Lipinski definition) is 6. The third-order valence-electron chi connectivity index (χ3n) is 6.12. The molecule has 2 aromatic carbocycles. The highest BCUT2D eigenvalue weighted by molar-refractivity contribution is 7.90. The van der Waals surface area contributed by atoms with E-state index in [-0.39, 0.29) is 21.6 Å². The van der Waals surface area contributed by atoms with Gasteiger partial charge in [0.1, 0.15) is 5.15 Å². The number of carbonyl (C=O) groups excluding carboxylic acids is 1. The molecule has 0 aliphatic carbocycles. The van der Waals surface area contributed by atoms with Gasteiger partial charge >= 0.3 is 0 Å². The van der Waals surface area contributed by atoms with Crippen molar-refractivity contribution < 1.29 is 13.2 Å². The second kappa shape index (κ2) is 9.75. The molecule has 1 aliphatic rings. The summed E-state index contributed by atoms with van der Waals surface area (Å²) < 4.78 is 24.1. The Kier molecular flexibility index (Phi) is 6.51. The lowest BCUT2D eigenvalue weighted by Crippen LogP contribution is -2.35. The van der Waals surface area contributed by atoms with E-state index in [1.807, 2.05) is 24.4 Å². The van der Waals surface area contributed by atoms with Crippen LogP contribution in [0.5, 0.6) is 0 Å². The van der Waals surface area contributed by atoms with Crippen molar-refractivity contribution in [2.45, 2.75) is 18.1 Å². The van der Waals surface area contributed by atoms with Crippen molar-refractivity contribution in [3.05, 3.63) is 95.2 Å². The highest BCUT2D eigenvalue weighted by atomic mass is 35.5. The van der Waals surface area contributed by atoms with Crippen molar-refractivity contribution in [1.82, 2.24) is 19.9 Å². The summed E-state index contributed by atoms with van der Waals surface area (Å²) in [5.41, 5.74) is 5.23. The number of amides is 1. The maximum absolute atomic E-state index is 13.6. The topological polar surface area (TPSA) is 99.3 Å². The minimum absolute atomic E-state index is 0.0389. The zero-order valence-electron chi connectivity index (χ0n) is 19.6. The number of sulfone groups is 1. The van der Waals surface area contributed by atoms with Gasteiger partial charge < -0.3 is 14.8 Å². The molecule has 1 N–H and O–H groups in total. The Balaban J connectivity index is 1.52. The number of hydrogen-bond donors (Lipinski definition) is 1. The number of imidazole rings is 1. The van der Waals surface area contributed by atoms with Crippen molar-refractivity contribution >= 4 is 33.0 Å². The lowest BCUT2D eigenvalue weighted by Gasteiger charge is -2.24. The Morgan fingerprint density at radius 1 is 1.06 bits per heavy atom. The lowest BCUT2D eigenvalue weighted by atomic mass is 10.0. The quantitative estimate of drug-likeness (QED) is 0.395. The van der Waals surface area contributed by atoms with Crippen LogP contribution in [-0.4, -0.2) is 53.5 Å². The molecular formula is C26H24ClN5O3S. The van der Waals surface area contributed by atoms with Gasteiger partial charge in [-0.15, -0.1) is 0 Å². The number of halogens is 1. The van der Waals surface area contributed by atoms with E-state index in [1.54, 1.807) is 11.2 Å². The SMILES string of the molecule is CS(=O)(=O)c1cc(C(=O)N2CCN(Cc3c[nH]cn3)c3ccc(-c4ccccc4)cc3C2)cc(Cl)n1. The van der Waals surface area contributed by atoms with Gasteiger partial charge in [0, 0.05) is 43.3 Å². The number of aromatic amines is 1. The van der Waals surface area contributed by atoms with E-state index >= 15 is 0 Å². The zero-order valence-corrected chi connectivity index (χ0v) is 21.1. The van der Waals surface area contributed by atoms with E-state index < -0.39 is 9.84 Å². The second-order valence-corrected chi connectivity index (χ2v) is 11.1. The highest BCUT2D eigenvalue weighted by Gasteiger charge is 2.26. The summed E-state index contributed by atoms with van der Waals surface area (Å²) in [6.45, 7) is 1.96. The van der Waals surface area contributed by atoms with E-state index in [4.69, 9.17) is 11.6 Å². The number of nitrogens with one attached hydrogen (secondary N) is 1. The molecule has 2 aromatic heterocycles. The molecule has 5 rings (SSSR count). The Morgan fingerprint density at radius 2 is 1.86 bits per heavy atom. The molecule has 0 saturated carbocycles. The fraction of sp³-hybridized carbons (Fsp3) is 0.192. The van der Waals surface area contributed by atoms with Gasteiger partial charge in [-0.3, -0.25) is 4.79 Å². The summed E-state index contributed by atoms with van der Waals surface area (Å²) >= 11 is 6.08. The number of rotatable bonds is 5. The fourth-order valence-corrected chi connectivity index (χ4v) is 5.22. The average Bonchev–Trinajstić information content (AvgIpc) is 3.31. The normalized spacial score (nSPS) is 13.8. The molecule has 184 valence electrons. The minimum Gasteiger partial charge on any atom is -0.364 e. The molecule has 0 fully saturated rings. The number of H-pyrrole nitrogens is 1. The van der Waals surface area contributed by atoms with Gasteiger partial charge in [0.2, 0.25) is 0 Å². The molecule has 0 unspecified atom stereocenters. The summed E-state index contributed by atoms with van der Waals surface area (Å²) in [7, 11) is -3.63. The number of pyridine rings is 1. The van der Waals surface area contributed by atoms with E-state index in [0.29, 0.717) is 26.2 Å². The van der Waals surface area contributed by atoms with Gasteiger partial charge in [0.05, 0.1) is 18.6 Å². The summed E-state index contributed by atoms with van der Waals surface area (Å²) in [4.78, 5) is 28.7. The van der Waals surface area contributed by atoms with Crippen LogP contribution in [-0.2, 0) is 22.9 Å². The minimum atomic E-state index is -3.63. The molecular weight excluding hydrogens is 498 g/mol. The van der Waals surface area contributed by atoms with Gasteiger partial charge in [-0.2, -0.15) is 0 Å². The van der Waals surface area contributed by atoms with Crippen LogP contribution in [0.25, 0.3) is 11.1 Å². The Hall–Kier alpha value is -3.69. The Bertz CT molecular complexity index is 1510. The summed E-state index contributed by atoms with van der Waals surface area (Å²) in [6.07, 6.45) is 4.55. The molecule has 0 spiro atoms. The maximum Gasteiger partial charge on any atom is 0.254 e. The monoisotopic (exact) mass is 521 g/mol. The third-order valence-corrected chi connectivity index (χ3v) is 7.28. The summed E-state index contributed by atoms with van der Waals surface area (Å²) in [5.74, 6) is -0.304. The van der Waals surface area contributed by atoms with Crippen LogP contribution < -0.4 is 4.90 Å². The first-order valence-electron chi connectivity index (χ1n) is 11.4. The third kappa shape index (κ3) is 5.12. The molecule has 8 nitrogen and oxygen atoms in total. The fourth-order valence-electron chi connectivity index (χ4n) is 4.36. The lowest BCUT2D eigenvalue weighted by molar-refractivity contribution is 0.0751. The smallest absolute Gasteiger partial charge is 0.254 e. The van der Waals surface area contributed by atoms with Gasteiger partial charge in [-0.25, -0.2) is 18.4 Å².